The van der Waals surface area contributed by atoms with Crippen LogP contribution in [0.25, 0.3) is 54.6 Å². The highest BCUT2D eigenvalue weighted by Crippen LogP contribution is 2.37. The SMILES string of the molecule is Cc1ccc2oc3cc4cc5c(cc4cc3c2c1)oc1ccc(C)cc15. The van der Waals surface area contributed by atoms with Gasteiger partial charge in [-0.25, -0.2) is 0 Å². The molecule has 0 aliphatic carbocycles. The van der Waals surface area contributed by atoms with Gasteiger partial charge in [0.05, 0.1) is 0 Å². The van der Waals surface area contributed by atoms with Crippen LogP contribution < -0.4 is 0 Å². The van der Waals surface area contributed by atoms with E-state index in [4.69, 9.17) is 8.83 Å². The third-order valence-electron chi connectivity index (χ3n) is 5.33. The smallest absolute Gasteiger partial charge is 0.136 e. The Hall–Kier alpha value is -3.26. The zero-order valence-electron chi connectivity index (χ0n) is 14.6. The quantitative estimate of drug-likeness (QED) is 0.292. The van der Waals surface area contributed by atoms with E-state index in [-0.39, 0.29) is 0 Å². The summed E-state index contributed by atoms with van der Waals surface area (Å²) in [6, 6.07) is 21.4. The molecule has 2 heteroatoms. The predicted molar refractivity (Wildman–Crippen MR) is 108 cm³/mol. The largest absolute Gasteiger partial charge is 0.456 e. The van der Waals surface area contributed by atoms with Crippen molar-refractivity contribution in [2.24, 2.45) is 0 Å². The van der Waals surface area contributed by atoms with Crippen LogP contribution in [0.2, 0.25) is 0 Å². The molecule has 2 heterocycles. The van der Waals surface area contributed by atoms with Crippen LogP contribution in [0.15, 0.2) is 69.5 Å². The average molecular weight is 336 g/mol. The molecular formula is C24H16O2. The number of fused-ring (bicyclic) bond motifs is 7. The molecule has 0 amide bonds. The van der Waals surface area contributed by atoms with Gasteiger partial charge in [-0.05, 0) is 73.2 Å². The lowest BCUT2D eigenvalue weighted by molar-refractivity contribution is 0.668. The number of benzene rings is 4. The van der Waals surface area contributed by atoms with Gasteiger partial charge in [0.1, 0.15) is 22.3 Å². The Morgan fingerprint density at radius 1 is 0.462 bits per heavy atom. The zero-order chi connectivity index (χ0) is 17.4. The van der Waals surface area contributed by atoms with Crippen LogP contribution in [0.5, 0.6) is 0 Å². The second kappa shape index (κ2) is 4.67. The molecule has 4 aromatic carbocycles. The lowest BCUT2D eigenvalue weighted by Crippen LogP contribution is -1.75. The van der Waals surface area contributed by atoms with E-state index in [1.54, 1.807) is 0 Å². The van der Waals surface area contributed by atoms with Gasteiger partial charge in [-0.15, -0.1) is 0 Å². The van der Waals surface area contributed by atoms with E-state index in [0.717, 1.165) is 33.1 Å². The van der Waals surface area contributed by atoms with E-state index in [2.05, 4.69) is 74.5 Å². The van der Waals surface area contributed by atoms with Crippen LogP contribution in [0.1, 0.15) is 11.1 Å². The molecule has 0 N–H and O–H groups in total. The van der Waals surface area contributed by atoms with Gasteiger partial charge in [-0.2, -0.15) is 0 Å². The first-order chi connectivity index (χ1) is 12.7. The Balaban J connectivity index is 1.76. The number of aryl methyl sites for hydroxylation is 2. The second-order valence-electron chi connectivity index (χ2n) is 7.25. The molecule has 0 spiro atoms. The van der Waals surface area contributed by atoms with Gasteiger partial charge in [-0.1, -0.05) is 23.3 Å². The van der Waals surface area contributed by atoms with Gasteiger partial charge in [0.15, 0.2) is 0 Å². The number of furan rings is 2. The van der Waals surface area contributed by atoms with Crippen LogP contribution >= 0.6 is 0 Å². The maximum absolute atomic E-state index is 6.09. The highest BCUT2D eigenvalue weighted by molar-refractivity contribution is 6.15. The average Bonchev–Trinajstić information content (AvgIpc) is 3.15. The summed E-state index contributed by atoms with van der Waals surface area (Å²) in [6.07, 6.45) is 0. The minimum atomic E-state index is 0.932. The molecule has 26 heavy (non-hydrogen) atoms. The van der Waals surface area contributed by atoms with Crippen molar-refractivity contribution in [1.29, 1.82) is 0 Å². The Kier molecular flexibility index (Phi) is 2.51. The summed E-state index contributed by atoms with van der Waals surface area (Å²) in [5.41, 5.74) is 6.21. The first-order valence-corrected chi connectivity index (χ1v) is 8.85. The molecule has 0 unspecified atom stereocenters. The van der Waals surface area contributed by atoms with E-state index in [0.29, 0.717) is 0 Å². The van der Waals surface area contributed by atoms with Crippen molar-refractivity contribution in [1.82, 2.24) is 0 Å². The first-order valence-electron chi connectivity index (χ1n) is 8.85. The maximum atomic E-state index is 6.09. The molecule has 0 aliphatic rings. The monoisotopic (exact) mass is 336 g/mol. The summed E-state index contributed by atoms with van der Waals surface area (Å²) >= 11 is 0. The third kappa shape index (κ3) is 1.81. The zero-order valence-corrected chi connectivity index (χ0v) is 14.6. The van der Waals surface area contributed by atoms with Crippen LogP contribution in [0.4, 0.5) is 0 Å². The molecule has 0 atom stereocenters. The molecule has 124 valence electrons. The Bertz CT molecular complexity index is 1380. The molecule has 0 saturated heterocycles. The van der Waals surface area contributed by atoms with E-state index in [1.807, 2.05) is 0 Å². The van der Waals surface area contributed by atoms with E-state index < -0.39 is 0 Å². The van der Waals surface area contributed by atoms with Crippen LogP contribution in [-0.2, 0) is 0 Å². The van der Waals surface area contributed by atoms with Gasteiger partial charge >= 0.3 is 0 Å². The molecule has 0 saturated carbocycles. The molecule has 0 fully saturated rings. The summed E-state index contributed by atoms with van der Waals surface area (Å²) in [7, 11) is 0. The standard InChI is InChI=1S/C24H16O2/c1-13-3-5-21-17(7-13)19-9-15-12-24-20(10-16(15)11-23(19)25-21)18-8-14(2)4-6-22(18)26-24/h3-12H,1-2H3. The third-order valence-corrected chi connectivity index (χ3v) is 5.33. The minimum absolute atomic E-state index is 0.932. The van der Waals surface area contributed by atoms with Crippen molar-refractivity contribution >= 4 is 54.6 Å². The van der Waals surface area contributed by atoms with Crippen molar-refractivity contribution in [3.63, 3.8) is 0 Å². The van der Waals surface area contributed by atoms with Crippen molar-refractivity contribution in [3.05, 3.63) is 71.8 Å². The summed E-state index contributed by atoms with van der Waals surface area (Å²) in [5, 5.41) is 6.99. The first kappa shape index (κ1) is 14.0. The van der Waals surface area contributed by atoms with Gasteiger partial charge < -0.3 is 8.83 Å². The highest BCUT2D eigenvalue weighted by Gasteiger charge is 2.12. The van der Waals surface area contributed by atoms with E-state index >= 15 is 0 Å². The van der Waals surface area contributed by atoms with Gasteiger partial charge in [0.25, 0.3) is 0 Å². The second-order valence-corrected chi connectivity index (χ2v) is 7.25. The minimum Gasteiger partial charge on any atom is -0.456 e. The Morgan fingerprint density at radius 3 is 1.35 bits per heavy atom. The van der Waals surface area contributed by atoms with E-state index in [9.17, 15) is 0 Å². The molecule has 2 nitrogen and oxygen atoms in total. The van der Waals surface area contributed by atoms with Crippen molar-refractivity contribution in [2.75, 3.05) is 0 Å². The number of rotatable bonds is 0. The summed E-state index contributed by atoms with van der Waals surface area (Å²) in [5.74, 6) is 0. The van der Waals surface area contributed by atoms with Crippen LogP contribution in [-0.4, -0.2) is 0 Å². The molecule has 0 aliphatic heterocycles. The lowest BCUT2D eigenvalue weighted by atomic mass is 10.0. The Labute approximate surface area is 149 Å². The van der Waals surface area contributed by atoms with Gasteiger partial charge in [-0.3, -0.25) is 0 Å². The molecule has 6 aromatic rings. The van der Waals surface area contributed by atoms with Crippen LogP contribution in [0, 0.1) is 13.8 Å². The molecule has 0 radical (unpaired) electrons. The summed E-state index contributed by atoms with van der Waals surface area (Å²) in [6.45, 7) is 4.22. The fourth-order valence-corrected chi connectivity index (χ4v) is 4.02. The van der Waals surface area contributed by atoms with Gasteiger partial charge in [0, 0.05) is 21.5 Å². The number of hydrogen-bond donors (Lipinski definition) is 0. The van der Waals surface area contributed by atoms with Crippen molar-refractivity contribution in [3.8, 4) is 0 Å². The van der Waals surface area contributed by atoms with Crippen molar-refractivity contribution < 1.29 is 8.83 Å². The van der Waals surface area contributed by atoms with Crippen molar-refractivity contribution in [2.45, 2.75) is 13.8 Å². The maximum Gasteiger partial charge on any atom is 0.136 e. The summed E-state index contributed by atoms with van der Waals surface area (Å²) in [4.78, 5) is 0. The number of hydrogen-bond acceptors (Lipinski definition) is 2. The lowest BCUT2D eigenvalue weighted by Gasteiger charge is -1.99. The highest BCUT2D eigenvalue weighted by atomic mass is 16.3. The molecule has 6 rings (SSSR count). The fourth-order valence-electron chi connectivity index (χ4n) is 4.02. The van der Waals surface area contributed by atoms with E-state index in [1.165, 1.54) is 32.7 Å². The predicted octanol–water partition coefficient (Wildman–Crippen LogP) is 7.26. The normalized spacial score (nSPS) is 12.2. The van der Waals surface area contributed by atoms with Crippen LogP contribution in [0.3, 0.4) is 0 Å². The Morgan fingerprint density at radius 2 is 0.885 bits per heavy atom. The molecule has 2 aromatic heterocycles. The fraction of sp³-hybridized carbons (Fsp3) is 0.0833. The topological polar surface area (TPSA) is 26.3 Å². The van der Waals surface area contributed by atoms with Gasteiger partial charge in [0.2, 0.25) is 0 Å². The molecular weight excluding hydrogens is 320 g/mol. The summed E-state index contributed by atoms with van der Waals surface area (Å²) < 4.78 is 12.2. The molecule has 0 bridgehead atoms.